The van der Waals surface area contributed by atoms with E-state index in [-0.39, 0.29) is 10.6 Å². The van der Waals surface area contributed by atoms with Crippen molar-refractivity contribution < 1.29 is 4.92 Å². The van der Waals surface area contributed by atoms with Gasteiger partial charge in [-0.2, -0.15) is 0 Å². The molecule has 0 atom stereocenters. The van der Waals surface area contributed by atoms with Gasteiger partial charge in [-0.25, -0.2) is 0 Å². The average Bonchev–Trinajstić information content (AvgIpc) is 2.07. The Balaban J connectivity index is 3.23. The zero-order valence-electron chi connectivity index (χ0n) is 8.00. The van der Waals surface area contributed by atoms with Crippen molar-refractivity contribution in [3.63, 3.8) is 0 Å². The molecule has 0 fully saturated rings. The summed E-state index contributed by atoms with van der Waals surface area (Å²) in [4.78, 5) is 12.0. The van der Waals surface area contributed by atoms with Gasteiger partial charge in [-0.3, -0.25) is 10.1 Å². The first-order valence-corrected chi connectivity index (χ1v) is 3.91. The quantitative estimate of drug-likeness (QED) is 0.457. The van der Waals surface area contributed by atoms with Crippen molar-refractivity contribution in [1.82, 2.24) is 4.90 Å². The summed E-state index contributed by atoms with van der Waals surface area (Å²) >= 11 is 0. The van der Waals surface area contributed by atoms with E-state index in [9.17, 15) is 10.1 Å². The van der Waals surface area contributed by atoms with E-state index in [0.29, 0.717) is 5.70 Å². The number of nitro groups is 1. The lowest BCUT2D eigenvalue weighted by atomic mass is 10.1. The number of hydrogen-bond donors (Lipinski definition) is 0. The van der Waals surface area contributed by atoms with Crippen molar-refractivity contribution in [2.75, 3.05) is 7.05 Å². The van der Waals surface area contributed by atoms with E-state index in [4.69, 9.17) is 0 Å². The summed E-state index contributed by atoms with van der Waals surface area (Å²) in [6, 6.07) is 0. The minimum atomic E-state index is -0.373. The predicted octanol–water partition coefficient (Wildman–Crippen LogP) is 1.90. The van der Waals surface area contributed by atoms with Gasteiger partial charge in [0.1, 0.15) is 0 Å². The summed E-state index contributed by atoms with van der Waals surface area (Å²) in [5.74, 6) is 0. The molecule has 0 bridgehead atoms. The monoisotopic (exact) mass is 180 g/mol. The second-order valence-electron chi connectivity index (χ2n) is 3.06. The van der Waals surface area contributed by atoms with Crippen LogP contribution in [0.5, 0.6) is 0 Å². The smallest absolute Gasteiger partial charge is 0.288 e. The Morgan fingerprint density at radius 2 is 2.08 bits per heavy atom. The molecular weight excluding hydrogens is 168 g/mol. The van der Waals surface area contributed by atoms with Crippen LogP contribution in [0, 0.1) is 10.1 Å². The Morgan fingerprint density at radius 3 is 2.54 bits per heavy atom. The number of rotatable bonds is 1. The molecule has 13 heavy (non-hydrogen) atoms. The van der Waals surface area contributed by atoms with Crippen LogP contribution in [0.1, 0.15) is 13.8 Å². The Labute approximate surface area is 77.0 Å². The third kappa shape index (κ3) is 1.47. The first kappa shape index (κ1) is 9.51. The summed E-state index contributed by atoms with van der Waals surface area (Å²) in [5.41, 5.74) is 2.41. The number of allylic oxidation sites excluding steroid dienone is 3. The van der Waals surface area contributed by atoms with E-state index in [1.165, 1.54) is 0 Å². The van der Waals surface area contributed by atoms with Crippen molar-refractivity contribution >= 4 is 0 Å². The summed E-state index contributed by atoms with van der Waals surface area (Å²) in [7, 11) is 1.78. The second-order valence-corrected chi connectivity index (χ2v) is 3.06. The number of nitrogens with zero attached hydrogens (tertiary/aromatic N) is 2. The molecule has 0 radical (unpaired) electrons. The average molecular weight is 180 g/mol. The molecule has 0 aromatic heterocycles. The zero-order valence-corrected chi connectivity index (χ0v) is 8.00. The minimum absolute atomic E-state index is 0.146. The maximum atomic E-state index is 10.6. The molecule has 0 aliphatic carbocycles. The van der Waals surface area contributed by atoms with Crippen molar-refractivity contribution in [2.24, 2.45) is 0 Å². The van der Waals surface area contributed by atoms with Gasteiger partial charge in [-0.05, 0) is 19.4 Å². The number of hydrogen-bond acceptors (Lipinski definition) is 3. The third-order valence-electron chi connectivity index (χ3n) is 2.28. The highest BCUT2D eigenvalue weighted by Crippen LogP contribution is 2.26. The molecule has 1 aliphatic rings. The molecule has 0 N–H and O–H groups in total. The fourth-order valence-corrected chi connectivity index (χ4v) is 1.22. The first-order valence-electron chi connectivity index (χ1n) is 3.91. The van der Waals surface area contributed by atoms with E-state index in [1.54, 1.807) is 24.9 Å². The van der Waals surface area contributed by atoms with Crippen LogP contribution in [0.3, 0.4) is 0 Å². The second kappa shape index (κ2) is 3.05. The highest BCUT2D eigenvalue weighted by molar-refractivity contribution is 5.39. The Morgan fingerprint density at radius 1 is 1.54 bits per heavy atom. The van der Waals surface area contributed by atoms with Crippen LogP contribution < -0.4 is 0 Å². The van der Waals surface area contributed by atoms with Gasteiger partial charge in [0.25, 0.3) is 5.70 Å². The molecule has 0 saturated heterocycles. The highest BCUT2D eigenvalue weighted by atomic mass is 16.6. The Hall–Kier alpha value is -1.58. The fourth-order valence-electron chi connectivity index (χ4n) is 1.22. The lowest BCUT2D eigenvalue weighted by molar-refractivity contribution is -0.421. The lowest BCUT2D eigenvalue weighted by Crippen LogP contribution is -2.22. The van der Waals surface area contributed by atoms with E-state index < -0.39 is 0 Å². The van der Waals surface area contributed by atoms with E-state index in [2.05, 4.69) is 6.58 Å². The largest absolute Gasteiger partial charge is 0.343 e. The van der Waals surface area contributed by atoms with Gasteiger partial charge in [0, 0.05) is 18.8 Å². The summed E-state index contributed by atoms with van der Waals surface area (Å²) < 4.78 is 0. The molecule has 1 heterocycles. The van der Waals surface area contributed by atoms with Crippen molar-refractivity contribution in [2.45, 2.75) is 13.8 Å². The van der Waals surface area contributed by atoms with Crippen molar-refractivity contribution in [3.8, 4) is 0 Å². The van der Waals surface area contributed by atoms with Crippen LogP contribution in [0.15, 0.2) is 35.3 Å². The van der Waals surface area contributed by atoms with Gasteiger partial charge < -0.3 is 4.90 Å². The van der Waals surface area contributed by atoms with Crippen molar-refractivity contribution in [3.05, 3.63) is 45.4 Å². The van der Waals surface area contributed by atoms with Crippen LogP contribution in [0.2, 0.25) is 0 Å². The molecule has 0 aromatic rings. The maximum absolute atomic E-state index is 10.6. The molecule has 0 unspecified atom stereocenters. The van der Waals surface area contributed by atoms with Gasteiger partial charge in [0.05, 0.1) is 10.6 Å². The minimum Gasteiger partial charge on any atom is -0.343 e. The Kier molecular flexibility index (Phi) is 2.23. The fraction of sp³-hybridized carbons (Fsp3) is 0.333. The molecule has 0 amide bonds. The van der Waals surface area contributed by atoms with Gasteiger partial charge in [-0.15, -0.1) is 0 Å². The molecule has 4 nitrogen and oxygen atoms in total. The molecule has 0 saturated carbocycles. The summed E-state index contributed by atoms with van der Waals surface area (Å²) in [6.45, 7) is 7.35. The predicted molar refractivity (Wildman–Crippen MR) is 50.4 cm³/mol. The molecule has 0 spiro atoms. The van der Waals surface area contributed by atoms with E-state index >= 15 is 0 Å². The van der Waals surface area contributed by atoms with Crippen LogP contribution in [0.25, 0.3) is 0 Å². The molecule has 4 heteroatoms. The SMILES string of the molecule is C=C1C(C)=CC([N+](=O)[O-])=C(C)N1C. The third-order valence-corrected chi connectivity index (χ3v) is 2.28. The highest BCUT2D eigenvalue weighted by Gasteiger charge is 2.23. The van der Waals surface area contributed by atoms with E-state index in [0.717, 1.165) is 11.3 Å². The van der Waals surface area contributed by atoms with Crippen LogP contribution >= 0.6 is 0 Å². The van der Waals surface area contributed by atoms with E-state index in [1.807, 2.05) is 6.92 Å². The van der Waals surface area contributed by atoms with Gasteiger partial charge in [0.2, 0.25) is 0 Å². The van der Waals surface area contributed by atoms with Crippen LogP contribution in [-0.4, -0.2) is 16.9 Å². The van der Waals surface area contributed by atoms with Gasteiger partial charge in [0.15, 0.2) is 0 Å². The van der Waals surface area contributed by atoms with Crippen LogP contribution in [-0.2, 0) is 0 Å². The molecule has 70 valence electrons. The maximum Gasteiger partial charge on any atom is 0.288 e. The number of likely N-dealkylation sites (N-methyl/N-ethyl adjacent to an activating group) is 1. The normalized spacial score (nSPS) is 17.6. The lowest BCUT2D eigenvalue weighted by Gasteiger charge is -2.25. The van der Waals surface area contributed by atoms with Crippen molar-refractivity contribution in [1.29, 1.82) is 0 Å². The topological polar surface area (TPSA) is 46.4 Å². The van der Waals surface area contributed by atoms with Gasteiger partial charge in [-0.1, -0.05) is 6.58 Å². The summed E-state index contributed by atoms with van der Waals surface area (Å²) in [5, 5.41) is 10.6. The molecular formula is C9H12N2O2. The molecule has 0 aromatic carbocycles. The summed E-state index contributed by atoms with van der Waals surface area (Å²) in [6.07, 6.45) is 1.55. The zero-order chi connectivity index (χ0) is 10.2. The molecule has 1 aliphatic heterocycles. The Bertz CT molecular complexity index is 340. The van der Waals surface area contributed by atoms with Gasteiger partial charge >= 0.3 is 0 Å². The van der Waals surface area contributed by atoms with Crippen LogP contribution in [0.4, 0.5) is 0 Å². The standard InChI is InChI=1S/C9H12N2O2/c1-6-5-9(11(12)13)8(3)10(4)7(6)2/h5H,2H2,1,3-4H3. The first-order chi connectivity index (χ1) is 5.95. The molecule has 1 rings (SSSR count).